The first-order chi connectivity index (χ1) is 9.54. The molecule has 0 saturated heterocycles. The molecule has 9 heteroatoms. The van der Waals surface area contributed by atoms with E-state index in [9.17, 15) is 14.5 Å². The molecule has 0 radical (unpaired) electrons. The Morgan fingerprint density at radius 3 is 2.80 bits per heavy atom. The maximum Gasteiger partial charge on any atom is 0.296 e. The van der Waals surface area contributed by atoms with Crippen molar-refractivity contribution in [1.82, 2.24) is 4.98 Å². The van der Waals surface area contributed by atoms with Crippen molar-refractivity contribution in [3.63, 3.8) is 0 Å². The first-order valence-corrected chi connectivity index (χ1v) is 5.21. The van der Waals surface area contributed by atoms with Crippen molar-refractivity contribution in [3.05, 3.63) is 46.4 Å². The van der Waals surface area contributed by atoms with E-state index in [1.54, 1.807) is 0 Å². The lowest BCUT2D eigenvalue weighted by Crippen LogP contribution is -2.02. The first-order valence-electron chi connectivity index (χ1n) is 5.21. The summed E-state index contributed by atoms with van der Waals surface area (Å²) in [6.45, 7) is 0. The number of nitrogens with zero attached hydrogens (tertiary/aromatic N) is 2. The SMILES string of the molecule is Nc1c(-c2ncccc2F)cc(OOO)cc1[N+](=O)[O-]. The van der Waals surface area contributed by atoms with Crippen LogP contribution in [0.25, 0.3) is 11.3 Å². The van der Waals surface area contributed by atoms with Gasteiger partial charge >= 0.3 is 0 Å². The molecule has 0 aliphatic heterocycles. The fraction of sp³-hybridized carbons (Fsp3) is 0. The van der Waals surface area contributed by atoms with E-state index in [1.807, 2.05) is 0 Å². The first kappa shape index (κ1) is 13.6. The third kappa shape index (κ3) is 2.48. The van der Waals surface area contributed by atoms with E-state index in [2.05, 4.69) is 14.9 Å². The van der Waals surface area contributed by atoms with E-state index in [-0.39, 0.29) is 22.7 Å². The number of benzene rings is 1. The highest BCUT2D eigenvalue weighted by molar-refractivity contribution is 5.82. The predicted molar refractivity (Wildman–Crippen MR) is 65.0 cm³/mol. The van der Waals surface area contributed by atoms with Gasteiger partial charge in [0.15, 0.2) is 5.75 Å². The number of pyridine rings is 1. The molecule has 2 rings (SSSR count). The molecule has 20 heavy (non-hydrogen) atoms. The lowest BCUT2D eigenvalue weighted by Gasteiger charge is -2.08. The van der Waals surface area contributed by atoms with E-state index in [1.165, 1.54) is 12.3 Å². The minimum Gasteiger partial charge on any atom is -0.393 e. The van der Waals surface area contributed by atoms with Crippen molar-refractivity contribution in [2.45, 2.75) is 0 Å². The normalized spacial score (nSPS) is 10.3. The number of nitrogen functional groups attached to an aromatic ring is 1. The standard InChI is InChI=1S/C11H8FN3O5/c12-8-2-1-3-14-11(8)7-4-6(19-20-18)5-9(10(7)13)15(16)17/h1-5,18H,13H2. The molecule has 0 unspecified atom stereocenters. The van der Waals surface area contributed by atoms with E-state index in [0.29, 0.717) is 0 Å². The molecule has 1 aromatic carbocycles. The maximum atomic E-state index is 13.7. The van der Waals surface area contributed by atoms with Crippen molar-refractivity contribution in [2.75, 3.05) is 5.73 Å². The van der Waals surface area contributed by atoms with Crippen LogP contribution in [0.2, 0.25) is 0 Å². The van der Waals surface area contributed by atoms with Crippen LogP contribution in [0.1, 0.15) is 0 Å². The Morgan fingerprint density at radius 2 is 2.20 bits per heavy atom. The van der Waals surface area contributed by atoms with Gasteiger partial charge in [0.2, 0.25) is 0 Å². The smallest absolute Gasteiger partial charge is 0.296 e. The van der Waals surface area contributed by atoms with Crippen LogP contribution < -0.4 is 10.6 Å². The van der Waals surface area contributed by atoms with Crippen LogP contribution >= 0.6 is 0 Å². The number of halogens is 1. The van der Waals surface area contributed by atoms with Gasteiger partial charge in [0.25, 0.3) is 5.69 Å². The highest BCUT2D eigenvalue weighted by Crippen LogP contribution is 2.37. The Morgan fingerprint density at radius 1 is 1.45 bits per heavy atom. The monoisotopic (exact) mass is 281 g/mol. The number of hydrogen-bond donors (Lipinski definition) is 2. The Labute approximate surface area is 111 Å². The Bertz CT molecular complexity index is 665. The summed E-state index contributed by atoms with van der Waals surface area (Å²) in [6, 6.07) is 4.57. The van der Waals surface area contributed by atoms with E-state index >= 15 is 0 Å². The zero-order chi connectivity index (χ0) is 14.7. The fourth-order valence-electron chi connectivity index (χ4n) is 1.63. The van der Waals surface area contributed by atoms with Crippen molar-refractivity contribution >= 4 is 11.4 Å². The zero-order valence-corrected chi connectivity index (χ0v) is 9.82. The highest BCUT2D eigenvalue weighted by atomic mass is 19.1. The summed E-state index contributed by atoms with van der Waals surface area (Å²) in [6.07, 6.45) is 1.31. The molecule has 0 spiro atoms. The Hall–Kier alpha value is -2.78. The van der Waals surface area contributed by atoms with Crippen LogP contribution in [-0.2, 0) is 5.04 Å². The molecule has 2 aromatic rings. The Kier molecular flexibility index (Phi) is 3.73. The molecular weight excluding hydrogens is 273 g/mol. The van der Waals surface area contributed by atoms with Crippen LogP contribution in [-0.4, -0.2) is 15.2 Å². The molecule has 0 atom stereocenters. The van der Waals surface area contributed by atoms with E-state index < -0.39 is 16.4 Å². The van der Waals surface area contributed by atoms with Crippen LogP contribution in [0.5, 0.6) is 5.75 Å². The van der Waals surface area contributed by atoms with Crippen molar-refractivity contribution in [3.8, 4) is 17.0 Å². The van der Waals surface area contributed by atoms with Crippen molar-refractivity contribution < 1.29 is 24.5 Å². The van der Waals surface area contributed by atoms with Crippen LogP contribution in [0.15, 0.2) is 30.5 Å². The summed E-state index contributed by atoms with van der Waals surface area (Å²) in [4.78, 5) is 18.2. The molecule has 104 valence electrons. The third-order valence-electron chi connectivity index (χ3n) is 2.48. The number of nitro benzene ring substituents is 1. The van der Waals surface area contributed by atoms with Gasteiger partial charge in [-0.2, -0.15) is 0 Å². The number of aromatic nitrogens is 1. The Balaban J connectivity index is 2.68. The van der Waals surface area contributed by atoms with Gasteiger partial charge < -0.3 is 10.6 Å². The average molecular weight is 281 g/mol. The minimum atomic E-state index is -0.774. The second-order valence-electron chi connectivity index (χ2n) is 3.65. The van der Waals surface area contributed by atoms with Gasteiger partial charge in [-0.15, -0.1) is 0 Å². The van der Waals surface area contributed by atoms with Crippen molar-refractivity contribution in [2.24, 2.45) is 0 Å². The van der Waals surface area contributed by atoms with Gasteiger partial charge in [0.05, 0.1) is 11.0 Å². The molecule has 8 nitrogen and oxygen atoms in total. The van der Waals surface area contributed by atoms with Crippen LogP contribution in [0, 0.1) is 15.9 Å². The lowest BCUT2D eigenvalue weighted by molar-refractivity contribution is -0.439. The number of rotatable bonds is 4. The molecule has 0 saturated carbocycles. The molecule has 3 N–H and O–H groups in total. The van der Waals surface area contributed by atoms with E-state index in [0.717, 1.165) is 18.2 Å². The largest absolute Gasteiger partial charge is 0.393 e. The second-order valence-corrected chi connectivity index (χ2v) is 3.65. The summed E-state index contributed by atoms with van der Waals surface area (Å²) < 4.78 is 13.7. The molecule has 1 aromatic heterocycles. The third-order valence-corrected chi connectivity index (χ3v) is 2.48. The number of nitro groups is 1. The average Bonchev–Trinajstić information content (AvgIpc) is 2.41. The molecule has 0 aliphatic rings. The van der Waals surface area contributed by atoms with Crippen LogP contribution in [0.3, 0.4) is 0 Å². The second kappa shape index (κ2) is 5.47. The molecule has 1 heterocycles. The molecule has 0 aliphatic carbocycles. The summed E-state index contributed by atoms with van der Waals surface area (Å²) in [7, 11) is 0. The molecule has 0 amide bonds. The van der Waals surface area contributed by atoms with Crippen LogP contribution in [0.4, 0.5) is 15.8 Å². The van der Waals surface area contributed by atoms with Gasteiger partial charge in [-0.25, -0.2) is 9.65 Å². The lowest BCUT2D eigenvalue weighted by atomic mass is 10.1. The van der Waals surface area contributed by atoms with Gasteiger partial charge in [0, 0.05) is 11.8 Å². The molecular formula is C11H8FN3O5. The topological polar surface area (TPSA) is 121 Å². The van der Waals surface area contributed by atoms with Gasteiger partial charge in [-0.1, -0.05) is 0 Å². The van der Waals surface area contributed by atoms with Gasteiger partial charge in [0.1, 0.15) is 17.2 Å². The summed E-state index contributed by atoms with van der Waals surface area (Å²) in [5.41, 5.74) is 4.60. The zero-order valence-electron chi connectivity index (χ0n) is 9.82. The van der Waals surface area contributed by atoms with Gasteiger partial charge in [-0.05, 0) is 23.2 Å². The van der Waals surface area contributed by atoms with Crippen molar-refractivity contribution in [1.29, 1.82) is 0 Å². The fourth-order valence-corrected chi connectivity index (χ4v) is 1.63. The van der Waals surface area contributed by atoms with E-state index in [4.69, 9.17) is 11.0 Å². The highest BCUT2D eigenvalue weighted by Gasteiger charge is 2.21. The molecule has 0 fully saturated rings. The summed E-state index contributed by atoms with van der Waals surface area (Å²) in [5, 5.41) is 22.6. The number of anilines is 1. The maximum absolute atomic E-state index is 13.7. The minimum absolute atomic E-state index is 0.0515. The summed E-state index contributed by atoms with van der Waals surface area (Å²) in [5.74, 6) is -0.941. The summed E-state index contributed by atoms with van der Waals surface area (Å²) >= 11 is 0. The number of hydrogen-bond acceptors (Lipinski definition) is 7. The quantitative estimate of drug-likeness (QED) is 0.381. The number of nitrogens with two attached hydrogens (primary N) is 1. The predicted octanol–water partition coefficient (Wildman–Crippen LogP) is 2.16. The molecule has 0 bridgehead atoms. The van der Waals surface area contributed by atoms with Gasteiger partial charge in [-0.3, -0.25) is 15.1 Å².